The maximum Gasteiger partial charge on any atom is 0.0558 e. The van der Waals surface area contributed by atoms with Crippen LogP contribution in [0.2, 0.25) is 0 Å². The molecular weight excluding hydrogens is 250 g/mol. The molecule has 0 aromatic carbocycles. The molecule has 0 bridgehead atoms. The Labute approximate surface area is 86.6 Å². The Morgan fingerprint density at radius 3 is 1.53 bits per heavy atom. The van der Waals surface area contributed by atoms with E-state index in [0.29, 0.717) is 4.90 Å². The van der Waals surface area contributed by atoms with Crippen molar-refractivity contribution in [3.8, 4) is 0 Å². The van der Waals surface area contributed by atoms with Gasteiger partial charge in [0.25, 0.3) is 0 Å². The van der Waals surface area contributed by atoms with Crippen LogP contribution in [0.15, 0.2) is 0 Å². The molecule has 0 heterocycles. The molecule has 94 valence electrons. The van der Waals surface area contributed by atoms with Crippen LogP contribution in [0.1, 0.15) is 0 Å². The van der Waals surface area contributed by atoms with Crippen LogP contribution in [0.25, 0.3) is 0 Å². The smallest absolute Gasteiger partial charge is 0.0558 e. The lowest BCUT2D eigenvalue weighted by Gasteiger charge is -2.40. The van der Waals surface area contributed by atoms with Crippen molar-refractivity contribution in [2.24, 2.45) is 0 Å². The molecule has 0 radical (unpaired) electrons. The summed E-state index contributed by atoms with van der Waals surface area (Å²) in [5.41, 5.74) is 0. The lowest BCUT2D eigenvalue weighted by Crippen LogP contribution is -2.37. The van der Waals surface area contributed by atoms with E-state index in [1.165, 1.54) is 0 Å². The van der Waals surface area contributed by atoms with Gasteiger partial charge in [-0.05, 0) is 0 Å². The van der Waals surface area contributed by atoms with Gasteiger partial charge in [-0.2, -0.15) is 0 Å². The van der Waals surface area contributed by atoms with Gasteiger partial charge in [-0.3, -0.25) is 4.90 Å². The number of rotatable bonds is 6. The molecule has 0 saturated carbocycles. The van der Waals surface area contributed by atoms with Crippen molar-refractivity contribution in [1.82, 2.24) is 11.1 Å². The third kappa shape index (κ3) is 12.1. The molecule has 0 atom stereocenters. The van der Waals surface area contributed by atoms with E-state index in [1.807, 2.05) is 0 Å². The van der Waals surface area contributed by atoms with Crippen molar-refractivity contribution < 1.29 is 33.8 Å². The fourth-order valence-electron chi connectivity index (χ4n) is 0.817. The summed E-state index contributed by atoms with van der Waals surface area (Å²) in [6.45, 7) is -0.900. The lowest BCUT2D eigenvalue weighted by molar-refractivity contribution is -0.318. The molecule has 0 saturated heterocycles. The average molecular weight is 263 g/mol. The zero-order valence-electron chi connectivity index (χ0n) is 8.07. The minimum atomic E-state index is -4.92. The van der Waals surface area contributed by atoms with E-state index in [0.717, 1.165) is 0 Å². The topological polar surface area (TPSA) is 186 Å². The predicted molar refractivity (Wildman–Crippen MR) is 44.7 cm³/mol. The molecule has 0 aliphatic heterocycles. The first-order chi connectivity index (χ1) is 6.14. The lowest BCUT2D eigenvalue weighted by atomic mass is 10.6. The van der Waals surface area contributed by atoms with Crippen LogP contribution in [0.5, 0.6) is 0 Å². The van der Waals surface area contributed by atoms with Crippen LogP contribution in [0, 0.1) is 0 Å². The summed E-state index contributed by atoms with van der Waals surface area (Å²) in [7, 11) is -9.84. The number of quaternary nitrogens is 1. The molecule has 0 aromatic heterocycles. The van der Waals surface area contributed by atoms with Gasteiger partial charge < -0.3 is 40.0 Å². The molecule has 0 spiro atoms. The molecule has 0 aliphatic rings. The second-order valence-corrected chi connectivity index (χ2v) is 5.63. The standard InChI is InChI=1S/C4H13NO7P2.H3N/c6-2-1-5(3-13(7,8)9)4-14(10,11)12;/h6H,1-4H2,(H2,7,8,9)(H2,10,11,12);1H3/p-3. The summed E-state index contributed by atoms with van der Waals surface area (Å²) >= 11 is 0. The van der Waals surface area contributed by atoms with E-state index in [1.54, 1.807) is 0 Å². The largest absolute Gasteiger partial charge is 0.810 e. The van der Waals surface area contributed by atoms with Gasteiger partial charge in [0.05, 0.1) is 6.61 Å². The first-order valence-electron chi connectivity index (χ1n) is 3.49. The van der Waals surface area contributed by atoms with Crippen LogP contribution in [-0.2, 0) is 9.13 Å². The Morgan fingerprint density at radius 2 is 1.33 bits per heavy atom. The van der Waals surface area contributed by atoms with E-state index < -0.39 is 34.4 Å². The fraction of sp³-hybridized carbons (Fsp3) is 1.00. The average Bonchev–Trinajstić information content (AvgIpc) is 1.78. The monoisotopic (exact) mass is 263 g/mol. The molecule has 0 fully saturated rings. The number of hydrogen-bond donors (Lipinski definition) is 2. The highest BCUT2D eigenvalue weighted by Crippen LogP contribution is 2.30. The molecule has 0 amide bonds. The third-order valence-corrected chi connectivity index (χ3v) is 2.66. The summed E-state index contributed by atoms with van der Waals surface area (Å²) < 4.78 is 20.5. The Hall–Kier alpha value is 0.180. The summed E-state index contributed by atoms with van der Waals surface area (Å²) in [4.78, 5) is 41.6. The normalized spacial score (nSPS) is 12.7. The third-order valence-electron chi connectivity index (χ3n) is 1.16. The number of aliphatic hydroxyl groups excluding tert-OH is 1. The minimum Gasteiger partial charge on any atom is -0.810 e. The Balaban J connectivity index is 0. The molecule has 9 nitrogen and oxygen atoms in total. The molecule has 0 aromatic rings. The van der Waals surface area contributed by atoms with Gasteiger partial charge in [0.1, 0.15) is 0 Å². The molecular formula is C4H13N2O7P2-3. The van der Waals surface area contributed by atoms with E-state index in [-0.39, 0.29) is 12.7 Å². The van der Waals surface area contributed by atoms with Crippen molar-refractivity contribution in [1.29, 1.82) is 0 Å². The maximum absolute atomic E-state index is 10.3. The highest BCUT2D eigenvalue weighted by molar-refractivity contribution is 7.49. The molecule has 15 heavy (non-hydrogen) atoms. The highest BCUT2D eigenvalue weighted by Gasteiger charge is 2.07. The van der Waals surface area contributed by atoms with Gasteiger partial charge in [0.2, 0.25) is 0 Å². The molecule has 5 N–H and O–H groups in total. The van der Waals surface area contributed by atoms with Crippen LogP contribution in [-0.4, -0.2) is 35.7 Å². The molecule has 0 rings (SSSR count). The van der Waals surface area contributed by atoms with Gasteiger partial charge in [0, 0.05) is 19.1 Å². The first-order valence-corrected chi connectivity index (χ1v) is 6.95. The van der Waals surface area contributed by atoms with Crippen molar-refractivity contribution in [2.75, 3.05) is 25.7 Å². The van der Waals surface area contributed by atoms with Crippen LogP contribution < -0.4 is 25.7 Å². The van der Waals surface area contributed by atoms with Gasteiger partial charge in [-0.1, -0.05) is 15.2 Å². The maximum atomic E-state index is 10.3. The van der Waals surface area contributed by atoms with Gasteiger partial charge >= 0.3 is 0 Å². The SMILES string of the molecule is O=P([O-])([O-])CN(CCO)CP(=O)([O-])[O-].[NH4+]. The summed E-state index contributed by atoms with van der Waals surface area (Å²) in [5, 5.41) is 8.40. The summed E-state index contributed by atoms with van der Waals surface area (Å²) in [5.74, 6) is 0. The minimum absolute atomic E-state index is 0. The predicted octanol–water partition coefficient (Wildman–Crippen LogP) is -3.60. The van der Waals surface area contributed by atoms with Crippen molar-refractivity contribution in [2.45, 2.75) is 0 Å². The molecule has 11 heteroatoms. The quantitative estimate of drug-likeness (QED) is 0.459. The highest BCUT2D eigenvalue weighted by atomic mass is 31.2. The van der Waals surface area contributed by atoms with Crippen LogP contribution in [0.3, 0.4) is 0 Å². The Morgan fingerprint density at radius 1 is 1.00 bits per heavy atom. The molecule has 0 aliphatic carbocycles. The fourth-order valence-corrected chi connectivity index (χ4v) is 2.44. The first kappa shape index (κ1) is 17.6. The Bertz CT molecular complexity index is 236. The van der Waals surface area contributed by atoms with Crippen molar-refractivity contribution >= 4 is 15.2 Å². The van der Waals surface area contributed by atoms with E-state index in [4.69, 9.17) is 5.11 Å². The van der Waals surface area contributed by atoms with E-state index in [2.05, 4.69) is 0 Å². The van der Waals surface area contributed by atoms with Gasteiger partial charge in [-0.15, -0.1) is 0 Å². The van der Waals surface area contributed by atoms with Crippen molar-refractivity contribution in [3.63, 3.8) is 0 Å². The summed E-state index contributed by atoms with van der Waals surface area (Å²) in [6, 6.07) is 0. The summed E-state index contributed by atoms with van der Waals surface area (Å²) in [6.07, 6.45) is -2.16. The zero-order valence-corrected chi connectivity index (χ0v) is 9.86. The van der Waals surface area contributed by atoms with Crippen LogP contribution in [0.4, 0.5) is 0 Å². The second kappa shape index (κ2) is 6.70. The number of hydrogen-bond acceptors (Lipinski definition) is 8. The second-order valence-electron chi connectivity index (χ2n) is 2.62. The van der Waals surface area contributed by atoms with E-state index in [9.17, 15) is 28.7 Å². The van der Waals surface area contributed by atoms with Crippen molar-refractivity contribution in [3.05, 3.63) is 0 Å². The number of aliphatic hydroxyl groups is 1. The van der Waals surface area contributed by atoms with Crippen LogP contribution >= 0.6 is 15.2 Å². The van der Waals surface area contributed by atoms with Gasteiger partial charge in [0.15, 0.2) is 0 Å². The molecule has 0 unspecified atom stereocenters. The number of nitrogens with zero attached hydrogens (tertiary/aromatic N) is 1. The van der Waals surface area contributed by atoms with Gasteiger partial charge in [-0.25, -0.2) is 0 Å². The van der Waals surface area contributed by atoms with E-state index >= 15 is 0 Å². The zero-order chi connectivity index (χ0) is 11.4. The Kier molecular flexibility index (Phi) is 7.84.